The summed E-state index contributed by atoms with van der Waals surface area (Å²) in [6.07, 6.45) is 5.35. The maximum absolute atomic E-state index is 11.8. The van der Waals surface area contributed by atoms with E-state index in [0.717, 1.165) is 19.4 Å². The van der Waals surface area contributed by atoms with Crippen LogP contribution in [0.25, 0.3) is 0 Å². The highest BCUT2D eigenvalue weighted by Crippen LogP contribution is 2.37. The second-order valence-electron chi connectivity index (χ2n) is 6.02. The highest BCUT2D eigenvalue weighted by molar-refractivity contribution is 7.89. The number of sulfonamides is 1. The smallest absolute Gasteiger partial charge is 0.222 e. The molecule has 2 saturated heterocycles. The number of aromatic nitrogens is 2. The van der Waals surface area contributed by atoms with Crippen molar-refractivity contribution < 1.29 is 13.2 Å². The van der Waals surface area contributed by atoms with E-state index in [1.807, 2.05) is 0 Å². The van der Waals surface area contributed by atoms with Crippen LogP contribution in [0.1, 0.15) is 19.8 Å². The second-order valence-corrected chi connectivity index (χ2v) is 8.28. The Morgan fingerprint density at radius 3 is 2.73 bits per heavy atom. The molecule has 3 rings (SSSR count). The van der Waals surface area contributed by atoms with Crippen molar-refractivity contribution in [2.24, 2.45) is 5.92 Å². The molecule has 0 radical (unpaired) electrons. The Labute approximate surface area is 131 Å². The Kier molecular flexibility index (Phi) is 4.33. The van der Waals surface area contributed by atoms with E-state index in [4.69, 9.17) is 4.74 Å². The molecule has 1 aromatic heterocycles. The quantitative estimate of drug-likeness (QED) is 0.858. The molecule has 7 nitrogen and oxygen atoms in total. The van der Waals surface area contributed by atoms with Crippen LogP contribution in [-0.4, -0.2) is 60.3 Å². The largest absolute Gasteiger partial charge is 0.372 e. The van der Waals surface area contributed by atoms with Crippen molar-refractivity contribution in [2.45, 2.75) is 25.4 Å². The molecular weight excluding hydrogens is 304 g/mol. The van der Waals surface area contributed by atoms with Gasteiger partial charge in [0.05, 0.1) is 18.0 Å². The first-order chi connectivity index (χ1) is 10.5. The summed E-state index contributed by atoms with van der Waals surface area (Å²) in [6.45, 7) is 4.11. The monoisotopic (exact) mass is 326 g/mol. The third-order valence-electron chi connectivity index (χ3n) is 4.44. The average molecular weight is 326 g/mol. The number of anilines is 1. The van der Waals surface area contributed by atoms with E-state index in [1.165, 1.54) is 4.31 Å². The van der Waals surface area contributed by atoms with Crippen LogP contribution in [0.5, 0.6) is 0 Å². The van der Waals surface area contributed by atoms with Crippen molar-refractivity contribution in [1.82, 2.24) is 14.3 Å². The molecule has 3 heterocycles. The minimum Gasteiger partial charge on any atom is -0.372 e. The minimum absolute atomic E-state index is 0.159. The van der Waals surface area contributed by atoms with Gasteiger partial charge in [0.1, 0.15) is 0 Å². The Hall–Kier alpha value is -1.25. The first-order valence-electron chi connectivity index (χ1n) is 7.66. The average Bonchev–Trinajstić information content (AvgIpc) is 2.52. The third kappa shape index (κ3) is 3.23. The summed E-state index contributed by atoms with van der Waals surface area (Å²) < 4.78 is 31.1. The minimum atomic E-state index is -3.07. The summed E-state index contributed by atoms with van der Waals surface area (Å²) in [4.78, 5) is 8.26. The highest BCUT2D eigenvalue weighted by Gasteiger charge is 2.50. The molecule has 1 N–H and O–H groups in total. The van der Waals surface area contributed by atoms with Gasteiger partial charge < -0.3 is 10.1 Å². The summed E-state index contributed by atoms with van der Waals surface area (Å²) in [5.74, 6) is 1.20. The lowest BCUT2D eigenvalue weighted by molar-refractivity contribution is -0.155. The number of hydrogen-bond donors (Lipinski definition) is 1. The zero-order valence-corrected chi connectivity index (χ0v) is 13.6. The van der Waals surface area contributed by atoms with E-state index in [9.17, 15) is 8.42 Å². The lowest BCUT2D eigenvalue weighted by Gasteiger charge is -2.51. The van der Waals surface area contributed by atoms with E-state index in [2.05, 4.69) is 15.3 Å². The number of nitrogens with zero attached hydrogens (tertiary/aromatic N) is 3. The molecule has 122 valence electrons. The SMILES string of the molecule is CCS(=O)(=O)N1CC2(CCC(CNc3ncccn3)CO2)C1. The molecule has 1 unspecified atom stereocenters. The zero-order valence-electron chi connectivity index (χ0n) is 12.7. The van der Waals surface area contributed by atoms with Gasteiger partial charge in [-0.2, -0.15) is 4.31 Å². The van der Waals surface area contributed by atoms with Crippen molar-refractivity contribution in [3.05, 3.63) is 18.5 Å². The fourth-order valence-corrected chi connectivity index (χ4v) is 4.16. The number of ether oxygens (including phenoxy) is 1. The first kappa shape index (κ1) is 15.6. The van der Waals surface area contributed by atoms with Gasteiger partial charge in [0.25, 0.3) is 0 Å². The maximum atomic E-state index is 11.8. The Balaban J connectivity index is 1.44. The normalized spacial score (nSPS) is 24.9. The van der Waals surface area contributed by atoms with Gasteiger partial charge in [-0.25, -0.2) is 18.4 Å². The molecule has 0 bridgehead atoms. The molecule has 1 aromatic rings. The molecule has 2 fully saturated rings. The predicted octanol–water partition coefficient (Wildman–Crippen LogP) is 0.719. The number of rotatable bonds is 5. The van der Waals surface area contributed by atoms with Gasteiger partial charge in [-0.15, -0.1) is 0 Å². The third-order valence-corrected chi connectivity index (χ3v) is 6.21. The van der Waals surface area contributed by atoms with Gasteiger partial charge in [-0.3, -0.25) is 0 Å². The van der Waals surface area contributed by atoms with Crippen LogP contribution < -0.4 is 5.32 Å². The van der Waals surface area contributed by atoms with Crippen LogP contribution in [0.4, 0.5) is 5.95 Å². The van der Waals surface area contributed by atoms with E-state index in [1.54, 1.807) is 25.4 Å². The van der Waals surface area contributed by atoms with Crippen LogP contribution >= 0.6 is 0 Å². The Morgan fingerprint density at radius 2 is 2.14 bits per heavy atom. The molecule has 0 aliphatic carbocycles. The standard InChI is InChI=1S/C14H22N4O3S/c1-2-22(19,20)18-10-14(11-18)5-4-12(9-21-14)8-17-13-15-6-3-7-16-13/h3,6-7,12H,2,4-5,8-11H2,1H3,(H,15,16,17). The van der Waals surface area contributed by atoms with Crippen LogP contribution in [0.15, 0.2) is 18.5 Å². The summed E-state index contributed by atoms with van der Waals surface area (Å²) in [5.41, 5.74) is -0.248. The van der Waals surface area contributed by atoms with Gasteiger partial charge in [-0.1, -0.05) is 0 Å². The molecule has 22 heavy (non-hydrogen) atoms. The summed E-state index contributed by atoms with van der Waals surface area (Å²) in [7, 11) is -3.07. The molecule has 1 atom stereocenters. The van der Waals surface area contributed by atoms with E-state index < -0.39 is 10.0 Å². The Bertz CT molecular complexity index is 592. The second kappa shape index (κ2) is 6.10. The molecule has 0 saturated carbocycles. The molecular formula is C14H22N4O3S. The molecule has 2 aliphatic rings. The number of hydrogen-bond acceptors (Lipinski definition) is 6. The fourth-order valence-electron chi connectivity index (χ4n) is 2.93. The van der Waals surface area contributed by atoms with Crippen molar-refractivity contribution in [3.8, 4) is 0 Å². The predicted molar refractivity (Wildman–Crippen MR) is 83.0 cm³/mol. The topological polar surface area (TPSA) is 84.4 Å². The molecule has 1 spiro atoms. The van der Waals surface area contributed by atoms with Crippen LogP contribution in [0, 0.1) is 5.92 Å². The molecule has 8 heteroatoms. The summed E-state index contributed by atoms with van der Waals surface area (Å²) in [5, 5.41) is 3.21. The van der Waals surface area contributed by atoms with Gasteiger partial charge in [0.15, 0.2) is 0 Å². The van der Waals surface area contributed by atoms with Crippen LogP contribution in [0.3, 0.4) is 0 Å². The molecule has 2 aliphatic heterocycles. The summed E-state index contributed by atoms with van der Waals surface area (Å²) in [6, 6.07) is 1.78. The van der Waals surface area contributed by atoms with Gasteiger partial charge in [0.2, 0.25) is 16.0 Å². The van der Waals surface area contributed by atoms with E-state index in [0.29, 0.717) is 31.6 Å². The Morgan fingerprint density at radius 1 is 1.41 bits per heavy atom. The summed E-state index contributed by atoms with van der Waals surface area (Å²) >= 11 is 0. The van der Waals surface area contributed by atoms with E-state index in [-0.39, 0.29) is 11.4 Å². The fraction of sp³-hybridized carbons (Fsp3) is 0.714. The van der Waals surface area contributed by atoms with Gasteiger partial charge in [0, 0.05) is 32.0 Å². The van der Waals surface area contributed by atoms with Gasteiger partial charge in [-0.05, 0) is 31.7 Å². The van der Waals surface area contributed by atoms with Crippen molar-refractivity contribution >= 4 is 16.0 Å². The first-order valence-corrected chi connectivity index (χ1v) is 9.27. The lowest BCUT2D eigenvalue weighted by Crippen LogP contribution is -2.66. The maximum Gasteiger partial charge on any atom is 0.222 e. The molecule has 0 aromatic carbocycles. The van der Waals surface area contributed by atoms with E-state index >= 15 is 0 Å². The number of nitrogens with one attached hydrogen (secondary N) is 1. The lowest BCUT2D eigenvalue weighted by atomic mass is 9.84. The van der Waals surface area contributed by atoms with Crippen LogP contribution in [-0.2, 0) is 14.8 Å². The zero-order chi connectivity index (χ0) is 15.6. The van der Waals surface area contributed by atoms with Crippen molar-refractivity contribution in [2.75, 3.05) is 37.3 Å². The van der Waals surface area contributed by atoms with Gasteiger partial charge >= 0.3 is 0 Å². The molecule has 0 amide bonds. The highest BCUT2D eigenvalue weighted by atomic mass is 32.2. The van der Waals surface area contributed by atoms with Crippen LogP contribution in [0.2, 0.25) is 0 Å². The van der Waals surface area contributed by atoms with Crippen molar-refractivity contribution in [1.29, 1.82) is 0 Å². The van der Waals surface area contributed by atoms with Crippen molar-refractivity contribution in [3.63, 3.8) is 0 Å².